The fraction of sp³-hybridized carbons (Fsp3) is 0.412. The van der Waals surface area contributed by atoms with Crippen LogP contribution in [0.1, 0.15) is 42.4 Å². The third-order valence-electron chi connectivity index (χ3n) is 9.15. The second kappa shape index (κ2) is 13.0. The van der Waals surface area contributed by atoms with Crippen molar-refractivity contribution >= 4 is 11.8 Å². The zero-order chi connectivity index (χ0) is 34.2. The molecule has 1 spiro atoms. The van der Waals surface area contributed by atoms with Gasteiger partial charge in [0, 0.05) is 49.1 Å². The molecular formula is C34H37F3N6O5. The number of piperidine rings is 1. The van der Waals surface area contributed by atoms with Crippen molar-refractivity contribution in [2.45, 2.75) is 51.4 Å². The third kappa shape index (κ3) is 6.75. The van der Waals surface area contributed by atoms with E-state index in [-0.39, 0.29) is 28.4 Å². The first-order valence-electron chi connectivity index (χ1n) is 15.6. The van der Waals surface area contributed by atoms with Gasteiger partial charge in [0.15, 0.2) is 0 Å². The van der Waals surface area contributed by atoms with Gasteiger partial charge in [-0.1, -0.05) is 12.1 Å². The van der Waals surface area contributed by atoms with Gasteiger partial charge in [0.25, 0.3) is 0 Å². The van der Waals surface area contributed by atoms with Crippen molar-refractivity contribution < 1.29 is 37.3 Å². The Kier molecular flexibility index (Phi) is 8.94. The second-order valence-corrected chi connectivity index (χ2v) is 12.4. The summed E-state index contributed by atoms with van der Waals surface area (Å²) in [4.78, 5) is 22.2. The molecule has 2 aliphatic rings. The number of halogens is 3. The molecule has 11 nitrogen and oxygen atoms in total. The van der Waals surface area contributed by atoms with Gasteiger partial charge >= 0.3 is 12.1 Å². The summed E-state index contributed by atoms with van der Waals surface area (Å²) >= 11 is 0. The molecule has 2 fully saturated rings. The van der Waals surface area contributed by atoms with Gasteiger partial charge in [0.1, 0.15) is 29.2 Å². The molecule has 0 unspecified atom stereocenters. The molecule has 2 atom stereocenters. The highest BCUT2D eigenvalue weighted by molar-refractivity contribution is 5.75. The van der Waals surface area contributed by atoms with E-state index in [1.54, 1.807) is 56.4 Å². The minimum absolute atomic E-state index is 0.133. The van der Waals surface area contributed by atoms with Gasteiger partial charge in [-0.25, -0.2) is 9.67 Å². The molecule has 0 amide bonds. The predicted octanol–water partition coefficient (Wildman–Crippen LogP) is 5.68. The SMILES string of the molecule is COc1ccc(-c2ccc([C@@H](Oc3cc(N4CCC5(CC4)CN[C@H](C(=O)O)C5)nc(C)n3)C(F)(F)F)c(-n3ccc(C)n3)c2)c(OC)c1. The number of nitrogens with one attached hydrogen (secondary N) is 1. The van der Waals surface area contributed by atoms with Crippen molar-refractivity contribution in [2.24, 2.45) is 5.41 Å². The van der Waals surface area contributed by atoms with E-state index in [1.165, 1.54) is 31.0 Å². The Balaban J connectivity index is 1.32. The number of nitrogens with zero attached hydrogens (tertiary/aromatic N) is 5. The number of benzene rings is 2. The van der Waals surface area contributed by atoms with Crippen LogP contribution in [0.5, 0.6) is 17.4 Å². The lowest BCUT2D eigenvalue weighted by atomic mass is 9.76. The number of hydrogen-bond acceptors (Lipinski definition) is 9. The van der Waals surface area contributed by atoms with Gasteiger partial charge in [-0.05, 0) is 68.4 Å². The van der Waals surface area contributed by atoms with E-state index in [0.29, 0.717) is 60.2 Å². The number of carbonyl (C=O) groups is 1. The molecule has 0 radical (unpaired) electrons. The van der Waals surface area contributed by atoms with Crippen LogP contribution in [0.2, 0.25) is 0 Å². The minimum atomic E-state index is -4.82. The number of hydrogen-bond donors (Lipinski definition) is 2. The first-order valence-corrected chi connectivity index (χ1v) is 15.6. The van der Waals surface area contributed by atoms with E-state index in [1.807, 2.05) is 4.90 Å². The summed E-state index contributed by atoms with van der Waals surface area (Å²) in [5.74, 6) is 0.721. The van der Waals surface area contributed by atoms with Crippen LogP contribution >= 0.6 is 0 Å². The average Bonchev–Trinajstić information content (AvgIpc) is 3.69. The number of alkyl halides is 3. The van der Waals surface area contributed by atoms with E-state index in [9.17, 15) is 23.1 Å². The molecule has 6 rings (SSSR count). The monoisotopic (exact) mass is 666 g/mol. The number of rotatable bonds is 9. The lowest BCUT2D eigenvalue weighted by Crippen LogP contribution is -2.41. The van der Waals surface area contributed by atoms with Crippen molar-refractivity contribution in [1.82, 2.24) is 25.1 Å². The fourth-order valence-electron chi connectivity index (χ4n) is 6.58. The van der Waals surface area contributed by atoms with Gasteiger partial charge in [0.05, 0.1) is 25.6 Å². The Morgan fingerprint density at radius 3 is 2.44 bits per heavy atom. The summed E-state index contributed by atoms with van der Waals surface area (Å²) in [5.41, 5.74) is 1.79. The van der Waals surface area contributed by atoms with Crippen LogP contribution in [0.15, 0.2) is 54.7 Å². The molecule has 0 bridgehead atoms. The van der Waals surface area contributed by atoms with Crippen LogP contribution in [0.3, 0.4) is 0 Å². The molecule has 2 aromatic heterocycles. The van der Waals surface area contributed by atoms with Crippen LogP contribution in [0, 0.1) is 19.3 Å². The third-order valence-corrected chi connectivity index (χ3v) is 9.15. The Hall–Kier alpha value is -4.85. The average molecular weight is 667 g/mol. The first kappa shape index (κ1) is 33.1. The molecule has 0 saturated carbocycles. The van der Waals surface area contributed by atoms with Gasteiger partial charge in [0.2, 0.25) is 12.0 Å². The van der Waals surface area contributed by atoms with Gasteiger partial charge < -0.3 is 29.5 Å². The Morgan fingerprint density at radius 1 is 1.04 bits per heavy atom. The van der Waals surface area contributed by atoms with Gasteiger partial charge in [-0.2, -0.15) is 23.3 Å². The van der Waals surface area contributed by atoms with Crippen LogP contribution in [-0.4, -0.2) is 76.9 Å². The standard InChI is InChI=1S/C34H37F3N6O5/c1-20-9-12-43(41-20)27-15-22(24-8-6-23(46-3)16-28(24)47-4)5-7-25(27)31(34(35,36)37)48-30-17-29(39-21(2)40-30)42-13-10-33(11-14-42)18-26(32(44)45)38-19-33/h5-9,12,15-17,26,31,38H,10-11,13-14,18-19H2,1-4H3,(H,44,45)/t26-,31+/m0/s1. The van der Waals surface area contributed by atoms with Crippen LogP contribution in [0.4, 0.5) is 19.0 Å². The summed E-state index contributed by atoms with van der Waals surface area (Å²) in [6, 6.07) is 12.4. The fourth-order valence-corrected chi connectivity index (χ4v) is 6.58. The van der Waals surface area contributed by atoms with Crippen molar-refractivity contribution in [2.75, 3.05) is 38.8 Å². The molecule has 4 aromatic rings. The summed E-state index contributed by atoms with van der Waals surface area (Å²) in [7, 11) is 3.05. The number of anilines is 1. The van der Waals surface area contributed by atoms with Gasteiger partial charge in [-0.3, -0.25) is 4.79 Å². The maximum absolute atomic E-state index is 14.9. The second-order valence-electron chi connectivity index (χ2n) is 12.4. The summed E-state index contributed by atoms with van der Waals surface area (Å²) < 4.78 is 62.8. The Bertz CT molecular complexity index is 1800. The number of aliphatic carboxylic acids is 1. The largest absolute Gasteiger partial charge is 0.497 e. The van der Waals surface area contributed by atoms with E-state index >= 15 is 0 Å². The molecular weight excluding hydrogens is 629 g/mol. The van der Waals surface area contributed by atoms with E-state index < -0.39 is 24.3 Å². The van der Waals surface area contributed by atoms with E-state index in [2.05, 4.69) is 20.4 Å². The number of ether oxygens (including phenoxy) is 3. The molecule has 4 heterocycles. The zero-order valence-electron chi connectivity index (χ0n) is 27.0. The molecule has 48 heavy (non-hydrogen) atoms. The molecule has 0 aliphatic carbocycles. The normalized spacial score (nSPS) is 18.1. The van der Waals surface area contributed by atoms with Crippen LogP contribution in [0.25, 0.3) is 16.8 Å². The van der Waals surface area contributed by atoms with Crippen molar-refractivity contribution in [3.05, 3.63) is 71.8 Å². The first-order chi connectivity index (χ1) is 22.9. The number of aryl methyl sites for hydroxylation is 2. The van der Waals surface area contributed by atoms with Crippen molar-refractivity contribution in [3.63, 3.8) is 0 Å². The lowest BCUT2D eigenvalue weighted by molar-refractivity contribution is -0.198. The van der Waals surface area contributed by atoms with Crippen molar-refractivity contribution in [1.29, 1.82) is 0 Å². The number of carboxylic acid groups (broad SMARTS) is 1. The molecule has 2 saturated heterocycles. The summed E-state index contributed by atoms with van der Waals surface area (Å²) in [6.45, 7) is 5.13. The summed E-state index contributed by atoms with van der Waals surface area (Å²) in [6.07, 6.45) is -3.59. The number of aromatic nitrogens is 4. The lowest BCUT2D eigenvalue weighted by Gasteiger charge is -2.39. The number of carboxylic acids is 1. The maximum Gasteiger partial charge on any atom is 0.429 e. The van der Waals surface area contributed by atoms with E-state index in [4.69, 9.17) is 14.2 Å². The predicted molar refractivity (Wildman–Crippen MR) is 171 cm³/mol. The Morgan fingerprint density at radius 2 is 1.81 bits per heavy atom. The van der Waals surface area contributed by atoms with Crippen LogP contribution < -0.4 is 24.4 Å². The Labute approximate surface area is 275 Å². The van der Waals surface area contributed by atoms with Gasteiger partial charge in [-0.15, -0.1) is 0 Å². The molecule has 14 heteroatoms. The zero-order valence-corrected chi connectivity index (χ0v) is 27.0. The smallest absolute Gasteiger partial charge is 0.429 e. The quantitative estimate of drug-likeness (QED) is 0.231. The highest BCUT2D eigenvalue weighted by Crippen LogP contribution is 2.43. The maximum atomic E-state index is 14.9. The summed E-state index contributed by atoms with van der Waals surface area (Å²) in [5, 5.41) is 16.9. The highest BCUT2D eigenvalue weighted by Gasteiger charge is 2.46. The topological polar surface area (TPSA) is 124 Å². The molecule has 254 valence electrons. The van der Waals surface area contributed by atoms with Crippen molar-refractivity contribution in [3.8, 4) is 34.2 Å². The molecule has 2 aromatic carbocycles. The molecule has 2 N–H and O–H groups in total. The molecule has 2 aliphatic heterocycles. The van der Waals surface area contributed by atoms with E-state index in [0.717, 1.165) is 12.8 Å². The highest BCUT2D eigenvalue weighted by atomic mass is 19.4. The number of methoxy groups -OCH3 is 2. The van der Waals surface area contributed by atoms with Crippen LogP contribution in [-0.2, 0) is 4.79 Å². The minimum Gasteiger partial charge on any atom is -0.497 e.